The smallest absolute Gasteiger partial charge is 0.337 e. The van der Waals surface area contributed by atoms with Crippen molar-refractivity contribution in [2.45, 2.75) is 130 Å². The summed E-state index contributed by atoms with van der Waals surface area (Å²) in [5, 5.41) is 0. The van der Waals surface area contributed by atoms with Crippen molar-refractivity contribution in [2.75, 3.05) is 7.05 Å². The molecule has 0 aromatic heterocycles. The number of esters is 1. The van der Waals surface area contributed by atoms with E-state index in [-0.39, 0.29) is 35.0 Å². The third-order valence-corrected chi connectivity index (χ3v) is 8.01. The van der Waals surface area contributed by atoms with Crippen LogP contribution in [0.4, 0.5) is 0 Å². The lowest BCUT2D eigenvalue weighted by Gasteiger charge is -2.44. The molecule has 1 aliphatic carbocycles. The molecule has 1 saturated carbocycles. The maximum Gasteiger partial charge on any atom is 0.337 e. The number of aliphatic imine (C=N–C) groups is 1. The molecule has 40 heavy (non-hydrogen) atoms. The number of rotatable bonds is 12. The summed E-state index contributed by atoms with van der Waals surface area (Å²) in [6.45, 7) is 27.1. The van der Waals surface area contributed by atoms with Crippen LogP contribution in [0.2, 0.25) is 0 Å². The van der Waals surface area contributed by atoms with Gasteiger partial charge in [0.15, 0.2) is 11.5 Å². The third-order valence-electron chi connectivity index (χ3n) is 8.01. The second kappa shape index (κ2) is 14.3. The zero-order valence-electron chi connectivity index (χ0n) is 26.6. The lowest BCUT2D eigenvalue weighted by molar-refractivity contribution is -0.142. The van der Waals surface area contributed by atoms with E-state index in [2.05, 4.69) is 59.3 Å². The summed E-state index contributed by atoms with van der Waals surface area (Å²) in [7, 11) is 2.03. The van der Waals surface area contributed by atoms with Gasteiger partial charge in [-0.15, -0.1) is 0 Å². The Morgan fingerprint density at radius 1 is 1.15 bits per heavy atom. The van der Waals surface area contributed by atoms with Gasteiger partial charge < -0.3 is 14.5 Å². The Morgan fingerprint density at radius 2 is 1.75 bits per heavy atom. The van der Waals surface area contributed by atoms with Crippen LogP contribution < -0.4 is 0 Å². The molecule has 0 N–H and O–H groups in total. The highest BCUT2D eigenvalue weighted by Gasteiger charge is 2.51. The molecule has 0 bridgehead atoms. The highest BCUT2D eigenvalue weighted by atomic mass is 16.5. The van der Waals surface area contributed by atoms with Crippen molar-refractivity contribution in [3.8, 4) is 0 Å². The molecule has 1 amide bonds. The van der Waals surface area contributed by atoms with Gasteiger partial charge in [-0.05, 0) is 68.6 Å². The molecule has 1 heterocycles. The van der Waals surface area contributed by atoms with E-state index in [0.717, 1.165) is 31.3 Å². The van der Waals surface area contributed by atoms with Gasteiger partial charge in [0.1, 0.15) is 0 Å². The molecule has 3 unspecified atom stereocenters. The van der Waals surface area contributed by atoms with Crippen LogP contribution in [-0.2, 0) is 14.3 Å². The quantitative estimate of drug-likeness (QED) is 0.0820. The van der Waals surface area contributed by atoms with Gasteiger partial charge in [0.25, 0.3) is 5.91 Å². The van der Waals surface area contributed by atoms with E-state index < -0.39 is 11.6 Å². The largest absolute Gasteiger partial charge is 0.459 e. The Kier molecular flexibility index (Phi) is 12.0. The van der Waals surface area contributed by atoms with Crippen LogP contribution in [0.15, 0.2) is 54.1 Å². The second-order valence-corrected chi connectivity index (χ2v) is 13.3. The normalized spacial score (nSPS) is 22.2. The first-order valence-electron chi connectivity index (χ1n) is 15.2. The molecule has 0 aromatic carbocycles. The predicted molar refractivity (Wildman–Crippen MR) is 167 cm³/mol. The van der Waals surface area contributed by atoms with Crippen molar-refractivity contribution in [1.29, 1.82) is 0 Å². The molecule has 3 atom stereocenters. The fraction of sp³-hybridized carbons (Fsp3) is 0.676. The van der Waals surface area contributed by atoms with E-state index in [1.807, 2.05) is 37.9 Å². The number of ether oxygens (including phenoxy) is 1. The molecular weight excluding hydrogens is 498 g/mol. The molecule has 2 rings (SSSR count). The number of amidine groups is 1. The van der Waals surface area contributed by atoms with E-state index in [0.29, 0.717) is 18.3 Å². The van der Waals surface area contributed by atoms with Crippen molar-refractivity contribution in [2.24, 2.45) is 16.3 Å². The monoisotopic (exact) mass is 553 g/mol. The highest BCUT2D eigenvalue weighted by molar-refractivity contribution is 6.39. The molecular formula is C34H55N3O3. The molecule has 1 aliphatic heterocycles. The number of amides is 1. The fourth-order valence-corrected chi connectivity index (χ4v) is 6.30. The standard InChI is InChI=1S/C34H55N3O3/c1-12-22-34(13-2)35-30(36(11)28-18-16-14-15-17-19-28)31(38)37(34)29(27(7)23-33(8,9)10)25(5)20-21-26(6)32(39)40-24(3)4/h13,20-21,24,27-29H,2,5-6,12,14-19,22-23H2,1,3-4,7-11H3/b21-20-. The molecule has 0 spiro atoms. The van der Waals surface area contributed by atoms with E-state index in [1.54, 1.807) is 6.08 Å². The topological polar surface area (TPSA) is 62.2 Å². The van der Waals surface area contributed by atoms with Gasteiger partial charge in [0.05, 0.1) is 17.7 Å². The van der Waals surface area contributed by atoms with Gasteiger partial charge in [-0.2, -0.15) is 0 Å². The molecule has 2 aliphatic rings. The fourth-order valence-electron chi connectivity index (χ4n) is 6.30. The van der Waals surface area contributed by atoms with E-state index in [4.69, 9.17) is 9.73 Å². The summed E-state index contributed by atoms with van der Waals surface area (Å²) in [6.07, 6.45) is 14.5. The van der Waals surface area contributed by atoms with Gasteiger partial charge in [-0.25, -0.2) is 9.79 Å². The average Bonchev–Trinajstić information content (AvgIpc) is 3.02. The predicted octanol–water partition coefficient (Wildman–Crippen LogP) is 7.63. The van der Waals surface area contributed by atoms with Gasteiger partial charge in [-0.3, -0.25) is 4.79 Å². The van der Waals surface area contributed by atoms with Crippen LogP contribution >= 0.6 is 0 Å². The summed E-state index contributed by atoms with van der Waals surface area (Å²) < 4.78 is 5.30. The summed E-state index contributed by atoms with van der Waals surface area (Å²) in [5.74, 6) is 0.0666. The zero-order valence-corrected chi connectivity index (χ0v) is 26.6. The first-order chi connectivity index (χ1) is 18.7. The van der Waals surface area contributed by atoms with Crippen LogP contribution in [0.1, 0.15) is 106 Å². The summed E-state index contributed by atoms with van der Waals surface area (Å²) in [5.41, 5.74) is 0.164. The Balaban J connectivity index is 2.54. The lowest BCUT2D eigenvalue weighted by atomic mass is 9.79. The van der Waals surface area contributed by atoms with E-state index in [1.165, 1.54) is 25.7 Å². The van der Waals surface area contributed by atoms with Gasteiger partial charge in [-0.1, -0.05) is 92.5 Å². The molecule has 224 valence electrons. The van der Waals surface area contributed by atoms with Crippen molar-refractivity contribution in [3.63, 3.8) is 0 Å². The SMILES string of the molecule is C=CC1(CCC)N=C(N(C)C2CCCCCC2)C(=O)N1C(C(=C)/C=C\C(=C)C(=O)OC(C)C)C(C)CC(C)(C)C. The average molecular weight is 554 g/mol. The van der Waals surface area contributed by atoms with Gasteiger partial charge in [0, 0.05) is 13.1 Å². The Hall–Kier alpha value is -2.63. The van der Waals surface area contributed by atoms with E-state index in [9.17, 15) is 9.59 Å². The van der Waals surface area contributed by atoms with Crippen molar-refractivity contribution in [1.82, 2.24) is 9.80 Å². The zero-order chi connectivity index (χ0) is 30.3. The van der Waals surface area contributed by atoms with Gasteiger partial charge >= 0.3 is 5.97 Å². The highest BCUT2D eigenvalue weighted by Crippen LogP contribution is 2.41. The van der Waals surface area contributed by atoms with Crippen molar-refractivity contribution < 1.29 is 14.3 Å². The summed E-state index contributed by atoms with van der Waals surface area (Å²) >= 11 is 0. The third kappa shape index (κ3) is 8.44. The van der Waals surface area contributed by atoms with Crippen LogP contribution in [-0.4, -0.2) is 58.4 Å². The minimum absolute atomic E-state index is 0.0392. The number of nitrogens with zero attached hydrogens (tertiary/aromatic N) is 3. The molecule has 6 heteroatoms. The number of carbonyl (C=O) groups is 2. The molecule has 0 saturated heterocycles. The molecule has 1 fully saturated rings. The van der Waals surface area contributed by atoms with Crippen molar-refractivity contribution >= 4 is 17.7 Å². The maximum atomic E-state index is 14.5. The Morgan fingerprint density at radius 3 is 2.25 bits per heavy atom. The summed E-state index contributed by atoms with van der Waals surface area (Å²) in [4.78, 5) is 36.1. The Bertz CT molecular complexity index is 994. The van der Waals surface area contributed by atoms with E-state index >= 15 is 0 Å². The number of hydrogen-bond acceptors (Lipinski definition) is 5. The van der Waals surface area contributed by atoms with Crippen molar-refractivity contribution in [3.05, 3.63) is 49.1 Å². The van der Waals surface area contributed by atoms with Crippen LogP contribution in [0.25, 0.3) is 0 Å². The minimum Gasteiger partial charge on any atom is -0.459 e. The van der Waals surface area contributed by atoms with Crippen LogP contribution in [0.5, 0.6) is 0 Å². The Labute approximate surface area is 244 Å². The first-order valence-corrected chi connectivity index (χ1v) is 15.2. The maximum absolute atomic E-state index is 14.5. The van der Waals surface area contributed by atoms with Crippen LogP contribution in [0.3, 0.4) is 0 Å². The molecule has 6 nitrogen and oxygen atoms in total. The van der Waals surface area contributed by atoms with Gasteiger partial charge in [0.2, 0.25) is 0 Å². The number of likely N-dealkylation sites (N-methyl/N-ethyl adjacent to an activating group) is 1. The molecule has 0 aromatic rings. The number of hydrogen-bond donors (Lipinski definition) is 0. The number of carbonyl (C=O) groups excluding carboxylic acids is 2. The molecule has 0 radical (unpaired) electrons. The summed E-state index contributed by atoms with van der Waals surface area (Å²) in [6, 6.07) is -0.0386. The second-order valence-electron chi connectivity index (χ2n) is 13.3. The first kappa shape index (κ1) is 33.6. The minimum atomic E-state index is -0.860. The van der Waals surface area contributed by atoms with Crippen LogP contribution in [0, 0.1) is 11.3 Å². The lowest BCUT2D eigenvalue weighted by Crippen LogP contribution is -2.55.